The van der Waals surface area contributed by atoms with Gasteiger partial charge in [-0.1, -0.05) is 6.07 Å². The van der Waals surface area contributed by atoms with Gasteiger partial charge in [0, 0.05) is 44.4 Å². The number of aromatic nitrogens is 2. The number of hydrogen-bond donors (Lipinski definition) is 2. The Morgan fingerprint density at radius 1 is 1.16 bits per heavy atom. The first kappa shape index (κ1) is 21.3. The van der Waals surface area contributed by atoms with Crippen molar-refractivity contribution in [1.29, 1.82) is 0 Å². The summed E-state index contributed by atoms with van der Waals surface area (Å²) in [5.74, 6) is 0.282. The van der Waals surface area contributed by atoms with Gasteiger partial charge in [-0.3, -0.25) is 14.9 Å². The summed E-state index contributed by atoms with van der Waals surface area (Å²) in [7, 11) is 0. The van der Waals surface area contributed by atoms with E-state index >= 15 is 0 Å². The molecule has 2 aromatic rings. The second kappa shape index (κ2) is 9.88. The van der Waals surface area contributed by atoms with E-state index < -0.39 is 11.8 Å². The summed E-state index contributed by atoms with van der Waals surface area (Å²) >= 11 is 0. The van der Waals surface area contributed by atoms with Crippen LogP contribution < -0.4 is 10.6 Å². The first-order chi connectivity index (χ1) is 15.1. The molecule has 0 atom stereocenters. The number of halogens is 1. The first-order valence-electron chi connectivity index (χ1n) is 10.6. The van der Waals surface area contributed by atoms with Crippen LogP contribution in [0, 0.1) is 5.82 Å². The number of rotatable bonds is 6. The standard InChI is InChI=1S/C21H27FN6O3/c22-16-3-1-4-17(15-16)24-21(30)25-19-5-9-23-28(19)18-6-11-26(12-7-18)20(29)8-13-27-10-2-14-31-27/h1,3-5,9,15,18H,2,6-8,10-14H2,(H2,24,25,30). The molecule has 2 fully saturated rings. The molecule has 4 rings (SSSR count). The Labute approximate surface area is 180 Å². The average molecular weight is 430 g/mol. The van der Waals surface area contributed by atoms with E-state index in [1.807, 2.05) is 9.96 Å². The van der Waals surface area contributed by atoms with Crippen LogP contribution in [0.25, 0.3) is 0 Å². The van der Waals surface area contributed by atoms with Gasteiger partial charge in [-0.2, -0.15) is 10.2 Å². The minimum Gasteiger partial charge on any atom is -0.342 e. The first-order valence-corrected chi connectivity index (χ1v) is 10.6. The van der Waals surface area contributed by atoms with Crippen molar-refractivity contribution in [3.63, 3.8) is 0 Å². The van der Waals surface area contributed by atoms with E-state index in [0.717, 1.165) is 32.4 Å². The number of anilines is 2. The summed E-state index contributed by atoms with van der Waals surface area (Å²) in [5.41, 5.74) is 0.370. The van der Waals surface area contributed by atoms with Crippen LogP contribution in [-0.4, -0.2) is 64.5 Å². The largest absolute Gasteiger partial charge is 0.342 e. The van der Waals surface area contributed by atoms with Crippen LogP contribution in [0.2, 0.25) is 0 Å². The van der Waals surface area contributed by atoms with Crippen molar-refractivity contribution in [2.45, 2.75) is 31.7 Å². The lowest BCUT2D eigenvalue weighted by molar-refractivity contribution is -0.139. The van der Waals surface area contributed by atoms with E-state index in [-0.39, 0.29) is 11.9 Å². The molecular weight excluding hydrogens is 403 g/mol. The van der Waals surface area contributed by atoms with Crippen molar-refractivity contribution in [1.82, 2.24) is 19.7 Å². The number of carbonyl (C=O) groups excluding carboxylic acids is 2. The Hall–Kier alpha value is -2.98. The maximum absolute atomic E-state index is 13.3. The molecule has 0 bridgehead atoms. The molecule has 2 aliphatic heterocycles. The third kappa shape index (κ3) is 5.59. The van der Waals surface area contributed by atoms with Gasteiger partial charge >= 0.3 is 6.03 Å². The van der Waals surface area contributed by atoms with E-state index in [1.165, 1.54) is 18.2 Å². The topological polar surface area (TPSA) is 91.7 Å². The van der Waals surface area contributed by atoms with E-state index in [4.69, 9.17) is 4.84 Å². The van der Waals surface area contributed by atoms with Gasteiger partial charge in [-0.05, 0) is 37.5 Å². The normalized spacial score (nSPS) is 17.6. The van der Waals surface area contributed by atoms with Gasteiger partial charge in [0.15, 0.2) is 0 Å². The lowest BCUT2D eigenvalue weighted by Gasteiger charge is -2.33. The van der Waals surface area contributed by atoms with Gasteiger partial charge in [0.2, 0.25) is 5.91 Å². The van der Waals surface area contributed by atoms with Crippen molar-refractivity contribution in [3.05, 3.63) is 42.3 Å². The zero-order valence-electron chi connectivity index (χ0n) is 17.3. The van der Waals surface area contributed by atoms with Gasteiger partial charge in [0.05, 0.1) is 18.8 Å². The van der Waals surface area contributed by atoms with Gasteiger partial charge in [-0.15, -0.1) is 0 Å². The quantitative estimate of drug-likeness (QED) is 0.735. The Bertz CT molecular complexity index is 906. The number of nitrogens with one attached hydrogen (secondary N) is 2. The van der Waals surface area contributed by atoms with Crippen LogP contribution in [0.1, 0.15) is 31.7 Å². The number of benzene rings is 1. The lowest BCUT2D eigenvalue weighted by atomic mass is 10.0. The summed E-state index contributed by atoms with van der Waals surface area (Å²) in [6.45, 7) is 3.56. The number of nitrogens with zero attached hydrogens (tertiary/aromatic N) is 4. The predicted octanol–water partition coefficient (Wildman–Crippen LogP) is 2.86. The van der Waals surface area contributed by atoms with Crippen molar-refractivity contribution in [2.24, 2.45) is 0 Å². The van der Waals surface area contributed by atoms with Crippen LogP contribution in [0.3, 0.4) is 0 Å². The fourth-order valence-electron chi connectivity index (χ4n) is 3.96. The molecule has 0 unspecified atom stereocenters. The van der Waals surface area contributed by atoms with Crippen molar-refractivity contribution >= 4 is 23.4 Å². The van der Waals surface area contributed by atoms with Crippen LogP contribution in [0.4, 0.5) is 20.7 Å². The van der Waals surface area contributed by atoms with Gasteiger partial charge < -0.3 is 10.2 Å². The van der Waals surface area contributed by atoms with E-state index in [1.54, 1.807) is 23.0 Å². The molecule has 31 heavy (non-hydrogen) atoms. The van der Waals surface area contributed by atoms with Crippen LogP contribution in [0.15, 0.2) is 36.5 Å². The van der Waals surface area contributed by atoms with E-state index in [9.17, 15) is 14.0 Å². The molecule has 0 aliphatic carbocycles. The number of piperidine rings is 1. The summed E-state index contributed by atoms with van der Waals surface area (Å²) in [4.78, 5) is 32.1. The van der Waals surface area contributed by atoms with Crippen LogP contribution in [0.5, 0.6) is 0 Å². The molecule has 9 nitrogen and oxygen atoms in total. The minimum atomic E-state index is -0.468. The van der Waals surface area contributed by atoms with Crippen LogP contribution in [-0.2, 0) is 9.63 Å². The summed E-state index contributed by atoms with van der Waals surface area (Å²) < 4.78 is 15.1. The molecule has 0 radical (unpaired) electrons. The molecule has 0 spiro atoms. The number of carbonyl (C=O) groups is 2. The number of urea groups is 1. The molecule has 3 heterocycles. The molecule has 1 aromatic heterocycles. The third-order valence-electron chi connectivity index (χ3n) is 5.56. The van der Waals surface area contributed by atoms with Crippen molar-refractivity contribution in [3.8, 4) is 0 Å². The maximum Gasteiger partial charge on any atom is 0.324 e. The van der Waals surface area contributed by atoms with Crippen molar-refractivity contribution in [2.75, 3.05) is 43.4 Å². The van der Waals surface area contributed by atoms with Crippen molar-refractivity contribution < 1.29 is 18.8 Å². The highest BCUT2D eigenvalue weighted by Gasteiger charge is 2.26. The fraction of sp³-hybridized carbons (Fsp3) is 0.476. The molecule has 3 amide bonds. The average Bonchev–Trinajstić information content (AvgIpc) is 3.44. The second-order valence-corrected chi connectivity index (χ2v) is 7.73. The Balaban J connectivity index is 1.27. The summed E-state index contributed by atoms with van der Waals surface area (Å²) in [6, 6.07) is 7.05. The second-order valence-electron chi connectivity index (χ2n) is 7.73. The number of hydrogen-bond acceptors (Lipinski definition) is 5. The number of amides is 3. The molecule has 1 aromatic carbocycles. The zero-order chi connectivity index (χ0) is 21.6. The number of likely N-dealkylation sites (tertiary alicyclic amines) is 1. The highest BCUT2D eigenvalue weighted by Crippen LogP contribution is 2.26. The molecular formula is C21H27FN6O3. The molecule has 2 aliphatic rings. The molecule has 2 saturated heterocycles. The Kier molecular flexibility index (Phi) is 6.78. The molecule has 0 saturated carbocycles. The SMILES string of the molecule is O=C(Nc1cccc(F)c1)Nc1ccnn1C1CCN(C(=O)CCN2CCCO2)CC1. The maximum atomic E-state index is 13.3. The zero-order valence-corrected chi connectivity index (χ0v) is 17.3. The van der Waals surface area contributed by atoms with Crippen LogP contribution >= 0.6 is 0 Å². The number of hydroxylamine groups is 2. The fourth-order valence-corrected chi connectivity index (χ4v) is 3.96. The molecule has 2 N–H and O–H groups in total. The highest BCUT2D eigenvalue weighted by molar-refractivity contribution is 5.99. The predicted molar refractivity (Wildman–Crippen MR) is 113 cm³/mol. The minimum absolute atomic E-state index is 0.0884. The van der Waals surface area contributed by atoms with Gasteiger partial charge in [0.25, 0.3) is 0 Å². The summed E-state index contributed by atoms with van der Waals surface area (Å²) in [5, 5.41) is 11.6. The molecule has 10 heteroatoms. The molecule has 166 valence electrons. The third-order valence-corrected chi connectivity index (χ3v) is 5.56. The van der Waals surface area contributed by atoms with E-state index in [2.05, 4.69) is 15.7 Å². The Morgan fingerprint density at radius 2 is 2.00 bits per heavy atom. The lowest BCUT2D eigenvalue weighted by Crippen LogP contribution is -2.40. The highest BCUT2D eigenvalue weighted by atomic mass is 19.1. The van der Waals surface area contributed by atoms with E-state index in [0.29, 0.717) is 37.6 Å². The Morgan fingerprint density at radius 3 is 2.74 bits per heavy atom. The summed E-state index contributed by atoms with van der Waals surface area (Å²) in [6.07, 6.45) is 4.62. The smallest absolute Gasteiger partial charge is 0.324 e. The van der Waals surface area contributed by atoms with Gasteiger partial charge in [0.1, 0.15) is 11.6 Å². The van der Waals surface area contributed by atoms with Gasteiger partial charge in [-0.25, -0.2) is 13.9 Å². The monoisotopic (exact) mass is 430 g/mol.